The monoisotopic (exact) mass is 153 g/mol. The van der Waals surface area contributed by atoms with Crippen molar-refractivity contribution in [2.45, 2.75) is 38.0 Å². The first-order chi connectivity index (χ1) is 5.40. The second kappa shape index (κ2) is 1.99. The minimum absolute atomic E-state index is 0.595. The molecule has 0 spiro atoms. The van der Waals surface area contributed by atoms with Crippen molar-refractivity contribution >= 4 is 0 Å². The van der Waals surface area contributed by atoms with Gasteiger partial charge in [-0.3, -0.25) is 4.90 Å². The molecule has 3 rings (SSSR count). The van der Waals surface area contributed by atoms with Crippen molar-refractivity contribution in [3.05, 3.63) is 0 Å². The lowest BCUT2D eigenvalue weighted by Crippen LogP contribution is -2.34. The van der Waals surface area contributed by atoms with E-state index < -0.39 is 0 Å². The van der Waals surface area contributed by atoms with Crippen molar-refractivity contribution in [3.63, 3.8) is 0 Å². The van der Waals surface area contributed by atoms with E-state index >= 15 is 0 Å². The third-order valence-electron chi connectivity index (χ3n) is 3.66. The number of fused-ring (bicyclic) bond motifs is 1. The highest BCUT2D eigenvalue weighted by atomic mass is 16.5. The molecule has 4 atom stereocenters. The summed E-state index contributed by atoms with van der Waals surface area (Å²) in [5.41, 5.74) is 0. The van der Waals surface area contributed by atoms with Crippen molar-refractivity contribution < 1.29 is 4.74 Å². The quantitative estimate of drug-likeness (QED) is 0.554. The summed E-state index contributed by atoms with van der Waals surface area (Å²) in [7, 11) is 0. The van der Waals surface area contributed by atoms with Gasteiger partial charge in [0.05, 0.1) is 12.2 Å². The molecule has 11 heavy (non-hydrogen) atoms. The molecule has 3 fully saturated rings. The van der Waals surface area contributed by atoms with Crippen LogP contribution in [-0.4, -0.2) is 36.2 Å². The second-order valence-corrected chi connectivity index (χ2v) is 4.06. The van der Waals surface area contributed by atoms with Gasteiger partial charge >= 0.3 is 0 Å². The van der Waals surface area contributed by atoms with Crippen molar-refractivity contribution in [3.8, 4) is 0 Å². The first-order valence-corrected chi connectivity index (χ1v) is 4.79. The second-order valence-electron chi connectivity index (χ2n) is 4.06. The fourth-order valence-corrected chi connectivity index (χ4v) is 3.22. The van der Waals surface area contributed by atoms with E-state index in [0.717, 1.165) is 12.0 Å². The minimum atomic E-state index is 0.595. The van der Waals surface area contributed by atoms with Gasteiger partial charge in [0, 0.05) is 25.0 Å². The largest absolute Gasteiger partial charge is 0.372 e. The maximum atomic E-state index is 5.91. The van der Waals surface area contributed by atoms with E-state index in [4.69, 9.17) is 4.74 Å². The van der Waals surface area contributed by atoms with Crippen LogP contribution in [0.5, 0.6) is 0 Å². The molecule has 0 amide bonds. The van der Waals surface area contributed by atoms with Crippen LogP contribution in [0.4, 0.5) is 0 Å². The van der Waals surface area contributed by atoms with Gasteiger partial charge in [0.25, 0.3) is 0 Å². The Morgan fingerprint density at radius 2 is 2.36 bits per heavy atom. The van der Waals surface area contributed by atoms with Gasteiger partial charge in [-0.1, -0.05) is 6.92 Å². The summed E-state index contributed by atoms with van der Waals surface area (Å²) in [6.45, 7) is 4.81. The molecule has 0 aromatic rings. The lowest BCUT2D eigenvalue weighted by Gasteiger charge is -2.21. The Kier molecular flexibility index (Phi) is 1.16. The summed E-state index contributed by atoms with van der Waals surface area (Å²) in [6, 6.07) is 0.810. The molecule has 3 aliphatic rings. The highest BCUT2D eigenvalue weighted by Crippen LogP contribution is 2.44. The van der Waals surface area contributed by atoms with Gasteiger partial charge < -0.3 is 4.74 Å². The molecule has 3 aliphatic heterocycles. The minimum Gasteiger partial charge on any atom is -0.372 e. The zero-order valence-corrected chi connectivity index (χ0v) is 6.99. The topological polar surface area (TPSA) is 12.5 Å². The molecule has 3 saturated heterocycles. The molecule has 0 N–H and O–H groups in total. The van der Waals surface area contributed by atoms with Crippen LogP contribution in [0, 0.1) is 5.92 Å². The third kappa shape index (κ3) is 0.651. The maximum absolute atomic E-state index is 5.91. The first kappa shape index (κ1) is 6.44. The highest BCUT2D eigenvalue weighted by molar-refractivity contribution is 5.07. The Labute approximate surface area is 67.5 Å². The first-order valence-electron chi connectivity index (χ1n) is 4.79. The smallest absolute Gasteiger partial charge is 0.0750 e. The van der Waals surface area contributed by atoms with Crippen LogP contribution < -0.4 is 0 Å². The van der Waals surface area contributed by atoms with Crippen LogP contribution >= 0.6 is 0 Å². The van der Waals surface area contributed by atoms with E-state index in [1.54, 1.807) is 0 Å². The average molecular weight is 153 g/mol. The summed E-state index contributed by atoms with van der Waals surface area (Å²) in [5.74, 6) is 0.863. The van der Waals surface area contributed by atoms with Crippen LogP contribution in [0.2, 0.25) is 0 Å². The van der Waals surface area contributed by atoms with Crippen molar-refractivity contribution in [2.24, 2.45) is 5.92 Å². The zero-order valence-electron chi connectivity index (χ0n) is 6.99. The highest BCUT2D eigenvalue weighted by Gasteiger charge is 2.55. The Morgan fingerprint density at radius 1 is 1.45 bits per heavy atom. The van der Waals surface area contributed by atoms with Gasteiger partial charge in [0.2, 0.25) is 0 Å². The van der Waals surface area contributed by atoms with E-state index in [1.807, 2.05) is 0 Å². The number of hydrogen-bond donors (Lipinski definition) is 0. The van der Waals surface area contributed by atoms with Gasteiger partial charge in [-0.2, -0.15) is 0 Å². The van der Waals surface area contributed by atoms with Crippen LogP contribution in [0.15, 0.2) is 0 Å². The van der Waals surface area contributed by atoms with Gasteiger partial charge in [-0.05, 0) is 12.8 Å². The Hall–Kier alpha value is -0.0800. The van der Waals surface area contributed by atoms with Crippen molar-refractivity contribution in [1.29, 1.82) is 0 Å². The van der Waals surface area contributed by atoms with Gasteiger partial charge in [0.15, 0.2) is 0 Å². The lowest BCUT2D eigenvalue weighted by molar-refractivity contribution is 0.00697. The molecule has 0 radical (unpaired) electrons. The van der Waals surface area contributed by atoms with Gasteiger partial charge in [-0.15, -0.1) is 0 Å². The molecular formula is C9H15NO. The molecular weight excluding hydrogens is 138 g/mol. The fourth-order valence-electron chi connectivity index (χ4n) is 3.22. The fraction of sp³-hybridized carbons (Fsp3) is 1.00. The molecule has 62 valence electrons. The summed E-state index contributed by atoms with van der Waals surface area (Å²) < 4.78 is 5.91. The number of ether oxygens (including phenoxy) is 1. The molecule has 2 bridgehead atoms. The molecule has 3 heterocycles. The lowest BCUT2D eigenvalue weighted by atomic mass is 9.96. The summed E-state index contributed by atoms with van der Waals surface area (Å²) >= 11 is 0. The Balaban J connectivity index is 1.93. The molecule has 0 aliphatic carbocycles. The molecule has 2 nitrogen and oxygen atoms in total. The number of morpholine rings is 1. The Morgan fingerprint density at radius 3 is 3.00 bits per heavy atom. The van der Waals surface area contributed by atoms with Crippen LogP contribution in [0.1, 0.15) is 19.8 Å². The molecule has 2 heteroatoms. The summed E-state index contributed by atoms with van der Waals surface area (Å²) in [5, 5.41) is 0. The molecule has 0 aromatic carbocycles. The van der Waals surface area contributed by atoms with E-state index in [-0.39, 0.29) is 0 Å². The zero-order chi connectivity index (χ0) is 7.42. The van der Waals surface area contributed by atoms with Crippen molar-refractivity contribution in [1.82, 2.24) is 4.90 Å². The van der Waals surface area contributed by atoms with Crippen LogP contribution in [0.25, 0.3) is 0 Å². The summed E-state index contributed by atoms with van der Waals surface area (Å²) in [6.07, 6.45) is 3.80. The SMILES string of the molecule is CCC1C2CN3CCC(O2)C13. The molecule has 4 unspecified atom stereocenters. The number of hydrogen-bond acceptors (Lipinski definition) is 2. The standard InChI is InChI=1S/C9H15NO/c1-2-6-8-5-10-4-3-7(11-8)9(6)10/h6-9H,2-5H2,1H3. The van der Waals surface area contributed by atoms with E-state index in [0.29, 0.717) is 12.2 Å². The average Bonchev–Trinajstić information content (AvgIpc) is 2.55. The van der Waals surface area contributed by atoms with Gasteiger partial charge in [-0.25, -0.2) is 0 Å². The Bertz CT molecular complexity index is 168. The molecule has 0 aromatic heterocycles. The third-order valence-corrected chi connectivity index (χ3v) is 3.66. The van der Waals surface area contributed by atoms with E-state index in [1.165, 1.54) is 25.9 Å². The van der Waals surface area contributed by atoms with E-state index in [2.05, 4.69) is 11.8 Å². The number of rotatable bonds is 1. The van der Waals surface area contributed by atoms with Crippen molar-refractivity contribution in [2.75, 3.05) is 13.1 Å². The predicted molar refractivity (Wildman–Crippen MR) is 42.4 cm³/mol. The van der Waals surface area contributed by atoms with Gasteiger partial charge in [0.1, 0.15) is 0 Å². The summed E-state index contributed by atoms with van der Waals surface area (Å²) in [4.78, 5) is 2.63. The number of nitrogens with zero attached hydrogens (tertiary/aromatic N) is 1. The normalized spacial score (nSPS) is 54.3. The predicted octanol–water partition coefficient (Wildman–Crippen LogP) is 0.868. The van der Waals surface area contributed by atoms with Crippen LogP contribution in [-0.2, 0) is 4.74 Å². The molecule has 0 saturated carbocycles. The van der Waals surface area contributed by atoms with E-state index in [9.17, 15) is 0 Å². The maximum Gasteiger partial charge on any atom is 0.0750 e. The van der Waals surface area contributed by atoms with Crippen LogP contribution in [0.3, 0.4) is 0 Å².